The average Bonchev–Trinajstić information content (AvgIpc) is 3.32. The number of sulfonamides is 2. The number of ether oxygens (including phenoxy) is 2. The topological polar surface area (TPSA) is 206 Å². The first-order valence-electron chi connectivity index (χ1n) is 17.4. The van der Waals surface area contributed by atoms with Crippen molar-refractivity contribution < 1.29 is 54.7 Å². The largest absolute Gasteiger partial charge is 0.444 e. The van der Waals surface area contributed by atoms with E-state index in [0.29, 0.717) is 43.8 Å². The summed E-state index contributed by atoms with van der Waals surface area (Å²) in [6.07, 6.45) is 3.99. The molecule has 0 bridgehead atoms. The molecule has 1 aliphatic carbocycles. The summed E-state index contributed by atoms with van der Waals surface area (Å²) in [5.41, 5.74) is -1.53. The summed E-state index contributed by atoms with van der Waals surface area (Å²) in [6, 6.07) is 1.62. The quantitative estimate of drug-likeness (QED) is 0.415. The van der Waals surface area contributed by atoms with E-state index in [1.165, 1.54) is 17.0 Å². The van der Waals surface area contributed by atoms with Crippen molar-refractivity contribution in [1.29, 1.82) is 0 Å². The van der Waals surface area contributed by atoms with E-state index >= 15 is 0 Å². The van der Waals surface area contributed by atoms with Crippen molar-refractivity contribution in [3.8, 4) is 0 Å². The Balaban J connectivity index is 1.46. The minimum atomic E-state index is -4.66. The molecular weight excluding hydrogens is 738 g/mol. The Kier molecular flexibility index (Phi) is 11.2. The number of allylic oxidation sites excluding steroid dienone is 1. The third kappa shape index (κ3) is 9.28. The van der Waals surface area contributed by atoms with Crippen LogP contribution in [0.1, 0.15) is 76.8 Å². The summed E-state index contributed by atoms with van der Waals surface area (Å²) in [5.74, 6) is -4.20. The number of amides is 5. The lowest BCUT2D eigenvalue weighted by molar-refractivity contribution is -0.141. The van der Waals surface area contributed by atoms with Gasteiger partial charge in [0, 0.05) is 25.4 Å². The molecule has 0 spiro atoms. The molecule has 53 heavy (non-hydrogen) atoms. The van der Waals surface area contributed by atoms with Gasteiger partial charge in [0.05, 0.1) is 19.1 Å². The fraction of sp³-hybridized carbons (Fsp3) is 0.618. The highest BCUT2D eigenvalue weighted by atomic mass is 32.3. The molecule has 0 aromatic heterocycles. The maximum absolute atomic E-state index is 14.3. The fourth-order valence-electron chi connectivity index (χ4n) is 7.02. The van der Waals surface area contributed by atoms with Gasteiger partial charge in [0.25, 0.3) is 5.91 Å². The van der Waals surface area contributed by atoms with Crippen LogP contribution in [0, 0.1) is 11.7 Å². The van der Waals surface area contributed by atoms with E-state index in [1.807, 2.05) is 0 Å². The van der Waals surface area contributed by atoms with Gasteiger partial charge in [0.2, 0.25) is 31.9 Å². The molecule has 1 aromatic rings. The molecule has 292 valence electrons. The van der Waals surface area contributed by atoms with Crippen LogP contribution in [0.25, 0.3) is 0 Å². The summed E-state index contributed by atoms with van der Waals surface area (Å²) in [7, 11) is -9.31. The molecule has 1 aromatic carbocycles. The Morgan fingerprint density at radius 2 is 1.70 bits per heavy atom. The molecule has 5 atom stereocenters. The predicted octanol–water partition coefficient (Wildman–Crippen LogP) is 2.28. The van der Waals surface area contributed by atoms with Gasteiger partial charge < -0.3 is 25.0 Å². The second kappa shape index (κ2) is 14.9. The normalized spacial score (nSPS) is 27.2. The number of nitrogens with zero attached hydrogens (tertiary/aromatic N) is 3. The zero-order chi connectivity index (χ0) is 39.1. The van der Waals surface area contributed by atoms with Gasteiger partial charge in [-0.1, -0.05) is 31.1 Å². The van der Waals surface area contributed by atoms with Crippen molar-refractivity contribution in [2.45, 2.75) is 108 Å². The lowest BCUT2D eigenvalue weighted by atomic mass is 10.0. The lowest BCUT2D eigenvalue weighted by Crippen LogP contribution is -2.59. The summed E-state index contributed by atoms with van der Waals surface area (Å²) < 4.78 is 75.2. The van der Waals surface area contributed by atoms with Crippen LogP contribution >= 0.6 is 0 Å². The van der Waals surface area contributed by atoms with Crippen LogP contribution in [0.2, 0.25) is 0 Å². The molecule has 5 amide bonds. The summed E-state index contributed by atoms with van der Waals surface area (Å²) in [4.78, 5) is 71.1. The highest BCUT2D eigenvalue weighted by Gasteiger charge is 2.64. The van der Waals surface area contributed by atoms with Gasteiger partial charge in [-0.05, 0) is 69.7 Å². The van der Waals surface area contributed by atoms with Gasteiger partial charge in [-0.15, -0.1) is 3.71 Å². The monoisotopic (exact) mass is 783 g/mol. The van der Waals surface area contributed by atoms with Gasteiger partial charge in [0.15, 0.2) is 0 Å². The molecule has 16 nitrogen and oxygen atoms in total. The van der Waals surface area contributed by atoms with Crippen molar-refractivity contribution in [3.05, 3.63) is 47.3 Å². The van der Waals surface area contributed by atoms with E-state index in [2.05, 4.69) is 10.6 Å². The number of fused-ring (bicyclic) bond motifs is 3. The van der Waals surface area contributed by atoms with E-state index in [0.717, 1.165) is 10.5 Å². The van der Waals surface area contributed by atoms with E-state index < -0.39 is 91.0 Å². The first kappa shape index (κ1) is 39.9. The molecule has 2 N–H and O–H groups in total. The number of halogens is 1. The second-order valence-electron chi connectivity index (χ2n) is 15.1. The average molecular weight is 784 g/mol. The minimum Gasteiger partial charge on any atom is -0.444 e. The Morgan fingerprint density at radius 1 is 1.02 bits per heavy atom. The highest BCUT2D eigenvalue weighted by Crippen LogP contribution is 2.47. The second-order valence-corrected chi connectivity index (χ2v) is 19.0. The third-order valence-corrected chi connectivity index (χ3v) is 12.7. The molecule has 0 radical (unpaired) electrons. The SMILES string of the molecule is CC(C)(C)OC(=O)N[C@H]1CCCCC/C=C\[C@@H]2C[C@@]2(C(=O)N(S(C)(=O)=O)S(C)(=O)=O)NC(=O)[C@@H]2C[C@@H](OC(=O)N3Cc4ccc(F)cc4C3)CN2C1=O. The number of hydrogen-bond donors (Lipinski definition) is 2. The van der Waals surface area contributed by atoms with E-state index in [1.54, 1.807) is 39.0 Å². The third-order valence-electron chi connectivity index (χ3n) is 9.50. The Labute approximate surface area is 308 Å². The molecule has 1 saturated heterocycles. The Bertz CT molecular complexity index is 1880. The number of rotatable bonds is 5. The maximum Gasteiger partial charge on any atom is 0.410 e. The maximum atomic E-state index is 14.3. The summed E-state index contributed by atoms with van der Waals surface area (Å²) in [6.45, 7) is 4.91. The van der Waals surface area contributed by atoms with Crippen molar-refractivity contribution >= 4 is 50.0 Å². The Morgan fingerprint density at radius 3 is 2.36 bits per heavy atom. The standard InChI is InChI=1S/C34H46FN5O11S2/c1-33(2,3)51-31(44)36-26-12-10-8-6-7-9-11-23-17-34(23,30(43)40(52(4,46)47)53(5,48)49)37-28(41)27-16-25(20-39(27)29(26)42)50-32(45)38-18-21-13-14-24(35)15-22(21)19-38/h9,11,13-15,23,25-27H,6-8,10,12,16-20H2,1-5H3,(H,36,44)(H,37,41)/b11-9-/t23-,25-,26+,27+,34-/m1/s1. The minimum absolute atomic E-state index is 0.0732. The highest BCUT2D eigenvalue weighted by molar-refractivity contribution is 8.04. The van der Waals surface area contributed by atoms with Crippen LogP contribution in [-0.2, 0) is 57.0 Å². The molecule has 4 aliphatic rings. The zero-order valence-electron chi connectivity index (χ0n) is 30.3. The number of carbonyl (C=O) groups is 5. The van der Waals surface area contributed by atoms with Crippen LogP contribution in [0.5, 0.6) is 0 Å². The first-order chi connectivity index (χ1) is 24.6. The summed E-state index contributed by atoms with van der Waals surface area (Å²) >= 11 is 0. The number of nitrogens with one attached hydrogen (secondary N) is 2. The van der Waals surface area contributed by atoms with Crippen LogP contribution in [0.3, 0.4) is 0 Å². The zero-order valence-corrected chi connectivity index (χ0v) is 31.9. The van der Waals surface area contributed by atoms with Crippen molar-refractivity contribution in [3.63, 3.8) is 0 Å². The van der Waals surface area contributed by atoms with Crippen LogP contribution < -0.4 is 10.6 Å². The molecule has 2 fully saturated rings. The van der Waals surface area contributed by atoms with E-state index in [4.69, 9.17) is 9.47 Å². The van der Waals surface area contributed by atoms with Crippen LogP contribution in [0.15, 0.2) is 30.4 Å². The van der Waals surface area contributed by atoms with Crippen LogP contribution in [-0.4, -0.2) is 109 Å². The van der Waals surface area contributed by atoms with Crippen molar-refractivity contribution in [2.75, 3.05) is 19.1 Å². The van der Waals surface area contributed by atoms with Gasteiger partial charge in [0.1, 0.15) is 35.1 Å². The molecule has 3 heterocycles. The predicted molar refractivity (Wildman–Crippen MR) is 187 cm³/mol. The lowest BCUT2D eigenvalue weighted by Gasteiger charge is -2.31. The number of hydrogen-bond acceptors (Lipinski definition) is 11. The van der Waals surface area contributed by atoms with Crippen molar-refractivity contribution in [2.24, 2.45) is 5.92 Å². The molecule has 19 heteroatoms. The Hall–Kier alpha value is -4.26. The summed E-state index contributed by atoms with van der Waals surface area (Å²) in [5, 5.41) is 5.20. The molecule has 5 rings (SSSR count). The molecular formula is C34H46FN5O11S2. The van der Waals surface area contributed by atoms with Gasteiger partial charge in [-0.25, -0.2) is 30.8 Å². The smallest absolute Gasteiger partial charge is 0.410 e. The molecule has 3 aliphatic heterocycles. The van der Waals surface area contributed by atoms with Gasteiger partial charge >= 0.3 is 12.2 Å². The van der Waals surface area contributed by atoms with E-state index in [-0.39, 0.29) is 42.6 Å². The molecule has 1 saturated carbocycles. The van der Waals surface area contributed by atoms with Gasteiger partial charge in [-0.3, -0.25) is 19.3 Å². The number of carbonyl (C=O) groups excluding carboxylic acids is 5. The fourth-order valence-corrected chi connectivity index (χ4v) is 9.91. The molecule has 0 unspecified atom stereocenters. The van der Waals surface area contributed by atoms with Crippen molar-refractivity contribution in [1.82, 2.24) is 24.1 Å². The number of alkyl carbamates (subject to hydrolysis) is 1. The van der Waals surface area contributed by atoms with Gasteiger partial charge in [-0.2, -0.15) is 0 Å². The number of benzene rings is 1. The van der Waals surface area contributed by atoms with Crippen LogP contribution in [0.4, 0.5) is 14.0 Å². The first-order valence-corrected chi connectivity index (χ1v) is 21.0. The van der Waals surface area contributed by atoms with E-state index in [9.17, 15) is 45.2 Å².